The smallest absolute Gasteiger partial charge is 0.387 e. The van der Waals surface area contributed by atoms with Crippen LogP contribution in [0, 0.1) is 11.8 Å². The molecule has 1 N–H and O–H groups in total. The molecule has 0 aliphatic heterocycles. The zero-order valence-electron chi connectivity index (χ0n) is 11.7. The standard InChI is InChI=1S/C15H20ClF2NO/c1-9-5-10(2)7-12(6-9)19-11-3-4-14(13(16)8-11)20-15(17)18/h3-4,8-10,12,15,19H,5-7H2,1-2H3. The van der Waals surface area contributed by atoms with Crippen molar-refractivity contribution in [1.82, 2.24) is 0 Å². The summed E-state index contributed by atoms with van der Waals surface area (Å²) in [5.74, 6) is 1.42. The highest BCUT2D eigenvalue weighted by Crippen LogP contribution is 2.33. The van der Waals surface area contributed by atoms with Gasteiger partial charge in [-0.15, -0.1) is 0 Å². The van der Waals surface area contributed by atoms with Gasteiger partial charge in [0.25, 0.3) is 0 Å². The first kappa shape index (κ1) is 15.4. The van der Waals surface area contributed by atoms with E-state index >= 15 is 0 Å². The number of hydrogen-bond acceptors (Lipinski definition) is 2. The maximum atomic E-state index is 12.2. The van der Waals surface area contributed by atoms with Crippen LogP contribution in [0.3, 0.4) is 0 Å². The minimum absolute atomic E-state index is 0.0117. The lowest BCUT2D eigenvalue weighted by Crippen LogP contribution is -2.30. The number of hydrogen-bond donors (Lipinski definition) is 1. The third-order valence-corrected chi connectivity index (χ3v) is 3.99. The molecule has 2 rings (SSSR count). The van der Waals surface area contributed by atoms with Crippen molar-refractivity contribution in [2.75, 3.05) is 5.32 Å². The lowest BCUT2D eigenvalue weighted by Gasteiger charge is -2.32. The summed E-state index contributed by atoms with van der Waals surface area (Å²) in [5.41, 5.74) is 0.850. The number of rotatable bonds is 4. The van der Waals surface area contributed by atoms with Gasteiger partial charge in [0.05, 0.1) is 5.02 Å². The maximum Gasteiger partial charge on any atom is 0.387 e. The van der Waals surface area contributed by atoms with E-state index in [4.69, 9.17) is 11.6 Å². The minimum Gasteiger partial charge on any atom is -0.433 e. The van der Waals surface area contributed by atoms with E-state index < -0.39 is 6.61 Å². The Hall–Kier alpha value is -1.03. The summed E-state index contributed by atoms with van der Waals surface area (Å²) in [6.45, 7) is 1.67. The zero-order valence-corrected chi connectivity index (χ0v) is 12.5. The predicted octanol–water partition coefficient (Wildman–Crippen LogP) is 5.18. The number of benzene rings is 1. The molecule has 0 amide bonds. The topological polar surface area (TPSA) is 21.3 Å². The van der Waals surface area contributed by atoms with Gasteiger partial charge in [0, 0.05) is 11.7 Å². The van der Waals surface area contributed by atoms with E-state index in [1.807, 2.05) is 0 Å². The van der Waals surface area contributed by atoms with Crippen LogP contribution in [0.2, 0.25) is 5.02 Å². The Morgan fingerprint density at radius 3 is 2.40 bits per heavy atom. The summed E-state index contributed by atoms with van der Waals surface area (Å²) >= 11 is 5.95. The summed E-state index contributed by atoms with van der Waals surface area (Å²) < 4.78 is 28.7. The van der Waals surface area contributed by atoms with Gasteiger partial charge in [-0.2, -0.15) is 8.78 Å². The normalized spacial score (nSPS) is 26.6. The monoisotopic (exact) mass is 303 g/mol. The van der Waals surface area contributed by atoms with Gasteiger partial charge in [0.2, 0.25) is 0 Å². The van der Waals surface area contributed by atoms with Gasteiger partial charge in [-0.3, -0.25) is 0 Å². The van der Waals surface area contributed by atoms with Gasteiger partial charge >= 0.3 is 6.61 Å². The molecule has 1 aromatic carbocycles. The van der Waals surface area contributed by atoms with Gasteiger partial charge in [-0.05, 0) is 49.3 Å². The summed E-state index contributed by atoms with van der Waals surface area (Å²) in [4.78, 5) is 0. The van der Waals surface area contributed by atoms with E-state index in [0.29, 0.717) is 17.9 Å². The molecule has 2 atom stereocenters. The number of alkyl halides is 2. The van der Waals surface area contributed by atoms with Crippen molar-refractivity contribution in [2.24, 2.45) is 11.8 Å². The highest BCUT2D eigenvalue weighted by molar-refractivity contribution is 6.32. The van der Waals surface area contributed by atoms with Crippen LogP contribution >= 0.6 is 11.6 Å². The first-order valence-electron chi connectivity index (χ1n) is 6.95. The molecule has 1 fully saturated rings. The second-order valence-corrected chi connectivity index (χ2v) is 6.19. The molecule has 1 aliphatic carbocycles. The average Bonchev–Trinajstić information content (AvgIpc) is 2.31. The SMILES string of the molecule is CC1CC(C)CC(Nc2ccc(OC(F)F)c(Cl)c2)C1. The third kappa shape index (κ3) is 4.23. The maximum absolute atomic E-state index is 12.2. The average molecular weight is 304 g/mol. The fourth-order valence-corrected chi connectivity index (χ4v) is 3.31. The molecule has 2 unspecified atom stereocenters. The van der Waals surface area contributed by atoms with E-state index in [1.54, 1.807) is 12.1 Å². The van der Waals surface area contributed by atoms with Crippen molar-refractivity contribution in [1.29, 1.82) is 0 Å². The number of ether oxygens (including phenoxy) is 1. The lowest BCUT2D eigenvalue weighted by atomic mass is 9.80. The molecule has 0 spiro atoms. The first-order valence-corrected chi connectivity index (χ1v) is 7.32. The summed E-state index contributed by atoms with van der Waals surface area (Å²) in [5, 5.41) is 3.64. The van der Waals surface area contributed by atoms with Crippen LogP contribution in [0.15, 0.2) is 18.2 Å². The Morgan fingerprint density at radius 1 is 1.20 bits per heavy atom. The Balaban J connectivity index is 2.01. The van der Waals surface area contributed by atoms with Crippen LogP contribution in [0.4, 0.5) is 14.5 Å². The Bertz CT molecular complexity index is 445. The third-order valence-electron chi connectivity index (χ3n) is 3.70. The summed E-state index contributed by atoms with van der Waals surface area (Å²) in [6, 6.07) is 5.26. The van der Waals surface area contributed by atoms with Crippen molar-refractivity contribution >= 4 is 17.3 Å². The molecule has 0 saturated heterocycles. The molecule has 0 heterocycles. The molecule has 1 aromatic rings. The molecule has 5 heteroatoms. The summed E-state index contributed by atoms with van der Waals surface area (Å²) in [6.07, 6.45) is 3.51. The molecule has 0 aromatic heterocycles. The second-order valence-electron chi connectivity index (χ2n) is 5.78. The van der Waals surface area contributed by atoms with E-state index in [0.717, 1.165) is 18.5 Å². The molecule has 2 nitrogen and oxygen atoms in total. The minimum atomic E-state index is -2.86. The molecule has 20 heavy (non-hydrogen) atoms. The van der Waals surface area contributed by atoms with Crippen LogP contribution < -0.4 is 10.1 Å². The molecule has 0 bridgehead atoms. The molecular formula is C15H20ClF2NO. The van der Waals surface area contributed by atoms with Gasteiger partial charge in [0.1, 0.15) is 5.75 Å². The first-order chi connectivity index (χ1) is 9.44. The van der Waals surface area contributed by atoms with E-state index in [1.165, 1.54) is 12.5 Å². The van der Waals surface area contributed by atoms with Crippen LogP contribution in [0.1, 0.15) is 33.1 Å². The van der Waals surface area contributed by atoms with Gasteiger partial charge in [-0.25, -0.2) is 0 Å². The van der Waals surface area contributed by atoms with Crippen LogP contribution in [-0.2, 0) is 0 Å². The zero-order chi connectivity index (χ0) is 14.7. The van der Waals surface area contributed by atoms with E-state index in [2.05, 4.69) is 23.9 Å². The van der Waals surface area contributed by atoms with Crippen molar-refractivity contribution in [2.45, 2.75) is 45.8 Å². The van der Waals surface area contributed by atoms with Crippen molar-refractivity contribution in [3.63, 3.8) is 0 Å². The number of halogens is 3. The van der Waals surface area contributed by atoms with E-state index in [-0.39, 0.29) is 10.8 Å². The fourth-order valence-electron chi connectivity index (χ4n) is 3.08. The Labute approximate surface area is 123 Å². The Morgan fingerprint density at radius 2 is 1.85 bits per heavy atom. The van der Waals surface area contributed by atoms with Crippen molar-refractivity contribution < 1.29 is 13.5 Å². The van der Waals surface area contributed by atoms with Crippen LogP contribution in [-0.4, -0.2) is 12.7 Å². The highest BCUT2D eigenvalue weighted by atomic mass is 35.5. The van der Waals surface area contributed by atoms with Crippen molar-refractivity contribution in [3.8, 4) is 5.75 Å². The van der Waals surface area contributed by atoms with Crippen molar-refractivity contribution in [3.05, 3.63) is 23.2 Å². The summed E-state index contributed by atoms with van der Waals surface area (Å²) in [7, 11) is 0. The second kappa shape index (κ2) is 6.61. The molecule has 1 aliphatic rings. The van der Waals surface area contributed by atoms with E-state index in [9.17, 15) is 8.78 Å². The highest BCUT2D eigenvalue weighted by Gasteiger charge is 2.23. The van der Waals surface area contributed by atoms with Gasteiger partial charge in [0.15, 0.2) is 0 Å². The quantitative estimate of drug-likeness (QED) is 0.827. The van der Waals surface area contributed by atoms with Gasteiger partial charge in [-0.1, -0.05) is 25.4 Å². The fraction of sp³-hybridized carbons (Fsp3) is 0.600. The molecule has 1 saturated carbocycles. The van der Waals surface area contributed by atoms with Crippen LogP contribution in [0.25, 0.3) is 0 Å². The molecule has 112 valence electrons. The predicted molar refractivity (Wildman–Crippen MR) is 77.7 cm³/mol. The molecule has 0 radical (unpaired) electrons. The number of anilines is 1. The largest absolute Gasteiger partial charge is 0.433 e. The Kier molecular flexibility index (Phi) is 5.08. The number of nitrogens with one attached hydrogen (secondary N) is 1. The van der Waals surface area contributed by atoms with Gasteiger partial charge < -0.3 is 10.1 Å². The van der Waals surface area contributed by atoms with Crippen LogP contribution in [0.5, 0.6) is 5.75 Å². The molecular weight excluding hydrogens is 284 g/mol. The lowest BCUT2D eigenvalue weighted by molar-refractivity contribution is -0.0497.